The Morgan fingerprint density at radius 1 is 1.18 bits per heavy atom. The van der Waals surface area contributed by atoms with E-state index in [0.29, 0.717) is 11.4 Å². The van der Waals surface area contributed by atoms with E-state index in [4.69, 9.17) is 0 Å². The van der Waals surface area contributed by atoms with Gasteiger partial charge in [0, 0.05) is 10.9 Å². The van der Waals surface area contributed by atoms with Gasteiger partial charge < -0.3 is 5.11 Å². The van der Waals surface area contributed by atoms with Gasteiger partial charge in [0.15, 0.2) is 0 Å². The fourth-order valence-electron chi connectivity index (χ4n) is 2.10. The molecule has 108 valence electrons. The van der Waals surface area contributed by atoms with Gasteiger partial charge in [-0.25, -0.2) is 4.98 Å². The molecule has 1 N–H and O–H groups in total. The largest absolute Gasteiger partial charge is 0.510 e. The van der Waals surface area contributed by atoms with Gasteiger partial charge in [-0.2, -0.15) is 5.26 Å². The maximum atomic E-state index is 10.3. The molecule has 0 radical (unpaired) electrons. The lowest BCUT2D eigenvalue weighted by Crippen LogP contribution is -1.94. The Bertz CT molecular complexity index is 858. The van der Waals surface area contributed by atoms with Gasteiger partial charge in [0.1, 0.15) is 22.4 Å². The van der Waals surface area contributed by atoms with Gasteiger partial charge >= 0.3 is 0 Å². The summed E-state index contributed by atoms with van der Waals surface area (Å²) < 4.78 is 1.98. The van der Waals surface area contributed by atoms with E-state index in [0.717, 1.165) is 20.3 Å². The highest BCUT2D eigenvalue weighted by Gasteiger charge is 2.14. The van der Waals surface area contributed by atoms with Crippen LogP contribution in [0.15, 0.2) is 58.8 Å². The molecule has 3 aromatic rings. The van der Waals surface area contributed by atoms with E-state index in [9.17, 15) is 10.4 Å². The van der Waals surface area contributed by atoms with Crippen LogP contribution in [0.1, 0.15) is 10.6 Å². The van der Waals surface area contributed by atoms with Crippen molar-refractivity contribution in [2.45, 2.75) is 6.42 Å². The van der Waals surface area contributed by atoms with Gasteiger partial charge in [0.2, 0.25) is 0 Å². The lowest BCUT2D eigenvalue weighted by Gasteiger charge is -2.03. The minimum atomic E-state index is 0.0453. The molecule has 0 aliphatic heterocycles. The van der Waals surface area contributed by atoms with E-state index in [2.05, 4.69) is 27.0 Å². The Morgan fingerprint density at radius 3 is 2.59 bits per heavy atom. The molecule has 22 heavy (non-hydrogen) atoms. The monoisotopic (exact) mass is 370 g/mol. The summed E-state index contributed by atoms with van der Waals surface area (Å²) in [5, 5.41) is 20.3. The standard InChI is InChI=1S/C17H11BrN2OS/c18-12-7-5-11(6-8-12)9-15(21)13(10-19)17-20-14-3-1-2-4-16(14)22-17/h1-8,21H,9H2. The number of hydrogen-bond donors (Lipinski definition) is 1. The van der Waals surface area contributed by atoms with Gasteiger partial charge in [0.25, 0.3) is 0 Å². The van der Waals surface area contributed by atoms with E-state index in [1.807, 2.05) is 48.5 Å². The Balaban J connectivity index is 1.97. The number of hydrogen-bond acceptors (Lipinski definition) is 4. The molecule has 2 aromatic carbocycles. The van der Waals surface area contributed by atoms with E-state index in [-0.39, 0.29) is 11.3 Å². The van der Waals surface area contributed by atoms with Crippen LogP contribution in [0.5, 0.6) is 0 Å². The van der Waals surface area contributed by atoms with Gasteiger partial charge in [-0.1, -0.05) is 40.2 Å². The molecule has 0 saturated carbocycles. The molecule has 1 aromatic heterocycles. The Morgan fingerprint density at radius 2 is 1.91 bits per heavy atom. The molecule has 3 nitrogen and oxygen atoms in total. The number of rotatable bonds is 3. The van der Waals surface area contributed by atoms with E-state index < -0.39 is 0 Å². The van der Waals surface area contributed by atoms with Crippen molar-refractivity contribution in [3.05, 3.63) is 69.3 Å². The highest BCUT2D eigenvalue weighted by Crippen LogP contribution is 2.28. The number of nitrogens with zero attached hydrogens (tertiary/aromatic N) is 2. The van der Waals surface area contributed by atoms with Crippen LogP contribution in [0.4, 0.5) is 0 Å². The van der Waals surface area contributed by atoms with Crippen molar-refractivity contribution < 1.29 is 5.11 Å². The SMILES string of the molecule is N#CC(=C(O)Cc1ccc(Br)cc1)c1nc2ccccc2s1. The first kappa shape index (κ1) is 14.8. The molecule has 1 heterocycles. The lowest BCUT2D eigenvalue weighted by molar-refractivity contribution is 0.402. The van der Waals surface area contributed by atoms with E-state index >= 15 is 0 Å². The van der Waals surface area contributed by atoms with Crippen LogP contribution in [-0.4, -0.2) is 10.1 Å². The Labute approximate surface area is 140 Å². The number of fused-ring (bicyclic) bond motifs is 1. The van der Waals surface area contributed by atoms with Crippen molar-refractivity contribution in [1.29, 1.82) is 5.26 Å². The van der Waals surface area contributed by atoms with Crippen molar-refractivity contribution in [3.8, 4) is 6.07 Å². The number of benzene rings is 2. The second-order valence-electron chi connectivity index (χ2n) is 4.72. The number of halogens is 1. The summed E-state index contributed by atoms with van der Waals surface area (Å²) in [6, 6.07) is 17.4. The normalized spacial score (nSPS) is 12.0. The van der Waals surface area contributed by atoms with Gasteiger partial charge in [-0.15, -0.1) is 11.3 Å². The van der Waals surface area contributed by atoms with Crippen LogP contribution in [-0.2, 0) is 6.42 Å². The van der Waals surface area contributed by atoms with Gasteiger partial charge in [-0.3, -0.25) is 0 Å². The lowest BCUT2D eigenvalue weighted by atomic mass is 10.1. The maximum Gasteiger partial charge on any atom is 0.138 e. The molecule has 0 atom stereocenters. The number of nitriles is 1. The summed E-state index contributed by atoms with van der Waals surface area (Å²) in [4.78, 5) is 4.43. The number of para-hydroxylation sites is 1. The molecule has 0 saturated heterocycles. The molecule has 0 spiro atoms. The van der Waals surface area contributed by atoms with Gasteiger partial charge in [0.05, 0.1) is 10.2 Å². The van der Waals surface area contributed by atoms with Gasteiger partial charge in [-0.05, 0) is 29.8 Å². The fraction of sp³-hybridized carbons (Fsp3) is 0.0588. The summed E-state index contributed by atoms with van der Waals surface area (Å²) in [6.07, 6.45) is 0.312. The maximum absolute atomic E-state index is 10.3. The fourth-order valence-corrected chi connectivity index (χ4v) is 3.35. The molecule has 0 amide bonds. The van der Waals surface area contributed by atoms with Crippen molar-refractivity contribution in [2.75, 3.05) is 0 Å². The summed E-state index contributed by atoms with van der Waals surface area (Å²) in [5.74, 6) is 0.0453. The number of aliphatic hydroxyl groups excluding tert-OH is 1. The average molecular weight is 371 g/mol. The number of aromatic nitrogens is 1. The predicted octanol–water partition coefficient (Wildman–Crippen LogP) is 5.09. The molecule has 0 unspecified atom stereocenters. The molecule has 0 fully saturated rings. The first-order chi connectivity index (χ1) is 10.7. The van der Waals surface area contributed by atoms with Crippen LogP contribution < -0.4 is 0 Å². The molecule has 3 rings (SSSR count). The number of allylic oxidation sites excluding steroid dienone is 2. The summed E-state index contributed by atoms with van der Waals surface area (Å²) in [7, 11) is 0. The third-order valence-electron chi connectivity index (χ3n) is 3.19. The average Bonchev–Trinajstić information content (AvgIpc) is 2.94. The molecular formula is C17H11BrN2OS. The Hall–Kier alpha value is -2.16. The highest BCUT2D eigenvalue weighted by molar-refractivity contribution is 9.10. The van der Waals surface area contributed by atoms with Crippen LogP contribution in [0.2, 0.25) is 0 Å². The Kier molecular flexibility index (Phi) is 4.23. The van der Waals surface area contributed by atoms with Crippen molar-refractivity contribution in [1.82, 2.24) is 4.98 Å². The third-order valence-corrected chi connectivity index (χ3v) is 4.78. The number of aliphatic hydroxyl groups is 1. The molecular weight excluding hydrogens is 360 g/mol. The van der Waals surface area contributed by atoms with Crippen LogP contribution >= 0.6 is 27.3 Å². The van der Waals surface area contributed by atoms with Crippen molar-refractivity contribution in [2.24, 2.45) is 0 Å². The zero-order valence-corrected chi connectivity index (χ0v) is 13.9. The van der Waals surface area contributed by atoms with Crippen molar-refractivity contribution in [3.63, 3.8) is 0 Å². The highest BCUT2D eigenvalue weighted by atomic mass is 79.9. The topological polar surface area (TPSA) is 56.9 Å². The molecule has 0 aliphatic carbocycles. The van der Waals surface area contributed by atoms with E-state index in [1.165, 1.54) is 11.3 Å². The first-order valence-electron chi connectivity index (χ1n) is 6.60. The number of thiazole rings is 1. The predicted molar refractivity (Wildman–Crippen MR) is 92.6 cm³/mol. The quantitative estimate of drug-likeness (QED) is 0.515. The van der Waals surface area contributed by atoms with Crippen molar-refractivity contribution >= 4 is 43.1 Å². The molecule has 0 bridgehead atoms. The smallest absolute Gasteiger partial charge is 0.138 e. The minimum absolute atomic E-state index is 0.0453. The summed E-state index contributed by atoms with van der Waals surface area (Å²) in [6.45, 7) is 0. The zero-order chi connectivity index (χ0) is 15.5. The zero-order valence-electron chi connectivity index (χ0n) is 11.5. The van der Waals surface area contributed by atoms with Crippen LogP contribution in [0.3, 0.4) is 0 Å². The third kappa shape index (κ3) is 3.03. The molecule has 0 aliphatic rings. The van der Waals surface area contributed by atoms with E-state index in [1.54, 1.807) is 0 Å². The minimum Gasteiger partial charge on any atom is -0.510 e. The molecule has 5 heteroatoms. The first-order valence-corrected chi connectivity index (χ1v) is 8.21. The second-order valence-corrected chi connectivity index (χ2v) is 6.67. The van der Waals surface area contributed by atoms with Crippen LogP contribution in [0.25, 0.3) is 15.8 Å². The second kappa shape index (κ2) is 6.30. The summed E-state index contributed by atoms with van der Waals surface area (Å²) in [5.41, 5.74) is 2.02. The summed E-state index contributed by atoms with van der Waals surface area (Å²) >= 11 is 4.79. The van der Waals surface area contributed by atoms with Crippen LogP contribution in [0, 0.1) is 11.3 Å².